The van der Waals surface area contributed by atoms with Crippen molar-refractivity contribution in [2.45, 2.75) is 25.4 Å². The molecule has 1 aromatic carbocycles. The summed E-state index contributed by atoms with van der Waals surface area (Å²) in [4.78, 5) is 8.91. The molecule has 2 aromatic heterocycles. The van der Waals surface area contributed by atoms with Crippen LogP contribution in [0.1, 0.15) is 29.5 Å². The lowest BCUT2D eigenvalue weighted by molar-refractivity contribution is 0.249. The van der Waals surface area contributed by atoms with Crippen molar-refractivity contribution in [3.05, 3.63) is 57.7 Å². The third-order valence-electron chi connectivity index (χ3n) is 4.49. The van der Waals surface area contributed by atoms with Gasteiger partial charge in [0.2, 0.25) is 0 Å². The van der Waals surface area contributed by atoms with E-state index in [1.165, 1.54) is 23.4 Å². The summed E-state index contributed by atoms with van der Waals surface area (Å²) < 4.78 is 5.22. The van der Waals surface area contributed by atoms with Crippen molar-refractivity contribution in [3.8, 4) is 16.3 Å². The van der Waals surface area contributed by atoms with Crippen molar-refractivity contribution in [2.24, 2.45) is 0 Å². The van der Waals surface area contributed by atoms with Crippen LogP contribution in [0.2, 0.25) is 0 Å². The molecule has 4 rings (SSSR count). The SMILES string of the molecule is COc1ccc(-c2nc(CN3CCCC3c3cccs3)cs2)cc1. The normalized spacial score (nSPS) is 18.1. The summed E-state index contributed by atoms with van der Waals surface area (Å²) in [7, 11) is 1.69. The van der Waals surface area contributed by atoms with E-state index in [4.69, 9.17) is 9.72 Å². The number of hydrogen-bond acceptors (Lipinski definition) is 5. The van der Waals surface area contributed by atoms with Crippen molar-refractivity contribution in [1.29, 1.82) is 0 Å². The second-order valence-corrected chi connectivity index (χ2v) is 7.85. The molecule has 5 heteroatoms. The quantitative estimate of drug-likeness (QED) is 0.627. The van der Waals surface area contributed by atoms with Crippen molar-refractivity contribution in [3.63, 3.8) is 0 Å². The number of rotatable bonds is 5. The first-order valence-electron chi connectivity index (χ1n) is 8.20. The molecule has 3 heterocycles. The Hall–Kier alpha value is -1.69. The van der Waals surface area contributed by atoms with Crippen molar-refractivity contribution in [1.82, 2.24) is 9.88 Å². The van der Waals surface area contributed by atoms with Gasteiger partial charge in [0.15, 0.2) is 0 Å². The molecule has 124 valence electrons. The maximum atomic E-state index is 5.22. The average molecular weight is 357 g/mol. The molecule has 1 aliphatic rings. The van der Waals surface area contributed by atoms with Crippen molar-refractivity contribution >= 4 is 22.7 Å². The van der Waals surface area contributed by atoms with Crippen molar-refractivity contribution in [2.75, 3.05) is 13.7 Å². The van der Waals surface area contributed by atoms with Crippen LogP contribution >= 0.6 is 22.7 Å². The topological polar surface area (TPSA) is 25.4 Å². The zero-order valence-corrected chi connectivity index (χ0v) is 15.3. The Morgan fingerprint density at radius 2 is 2.08 bits per heavy atom. The summed E-state index contributed by atoms with van der Waals surface area (Å²) in [5, 5.41) is 5.46. The molecule has 0 aliphatic carbocycles. The molecule has 3 nitrogen and oxygen atoms in total. The van der Waals surface area contributed by atoms with Crippen LogP contribution in [0.4, 0.5) is 0 Å². The number of thiazole rings is 1. The highest BCUT2D eigenvalue weighted by Crippen LogP contribution is 2.36. The zero-order chi connectivity index (χ0) is 16.4. The Morgan fingerprint density at radius 3 is 2.83 bits per heavy atom. The fourth-order valence-corrected chi connectivity index (χ4v) is 4.98. The van der Waals surface area contributed by atoms with Crippen molar-refractivity contribution < 1.29 is 4.74 Å². The van der Waals surface area contributed by atoms with E-state index >= 15 is 0 Å². The number of nitrogens with zero attached hydrogens (tertiary/aromatic N) is 2. The van der Waals surface area contributed by atoms with E-state index in [0.717, 1.165) is 29.4 Å². The van der Waals surface area contributed by atoms with E-state index in [1.807, 2.05) is 23.5 Å². The van der Waals surface area contributed by atoms with Gasteiger partial charge in [-0.1, -0.05) is 6.07 Å². The third-order valence-corrected chi connectivity index (χ3v) is 6.40. The van der Waals surface area contributed by atoms with Gasteiger partial charge in [0.1, 0.15) is 10.8 Å². The molecule has 1 saturated heterocycles. The number of hydrogen-bond donors (Lipinski definition) is 0. The van der Waals surface area contributed by atoms with Gasteiger partial charge >= 0.3 is 0 Å². The summed E-state index contributed by atoms with van der Waals surface area (Å²) in [6.07, 6.45) is 2.54. The van der Waals surface area contributed by atoms with Gasteiger partial charge in [-0.25, -0.2) is 4.98 Å². The molecular weight excluding hydrogens is 336 g/mol. The van der Waals surface area contributed by atoms with Gasteiger partial charge in [0.25, 0.3) is 0 Å². The van der Waals surface area contributed by atoms with E-state index in [-0.39, 0.29) is 0 Å². The number of benzene rings is 1. The molecule has 0 bridgehead atoms. The summed E-state index contributed by atoms with van der Waals surface area (Å²) in [6.45, 7) is 2.10. The number of ether oxygens (including phenoxy) is 1. The average Bonchev–Trinajstić information content (AvgIpc) is 3.37. The summed E-state index contributed by atoms with van der Waals surface area (Å²) in [5.41, 5.74) is 2.33. The molecule has 1 aliphatic heterocycles. The first-order chi connectivity index (χ1) is 11.8. The van der Waals surface area contributed by atoms with Gasteiger partial charge in [-0.05, 0) is 55.1 Å². The zero-order valence-electron chi connectivity index (χ0n) is 13.6. The fourth-order valence-electron chi connectivity index (χ4n) is 3.27. The van der Waals surface area contributed by atoms with Crippen LogP contribution in [-0.2, 0) is 6.54 Å². The van der Waals surface area contributed by atoms with Gasteiger partial charge in [0, 0.05) is 28.4 Å². The highest BCUT2D eigenvalue weighted by molar-refractivity contribution is 7.13. The molecular formula is C19H20N2OS2. The first kappa shape index (κ1) is 15.8. The second-order valence-electron chi connectivity index (χ2n) is 6.02. The lowest BCUT2D eigenvalue weighted by Crippen LogP contribution is -2.22. The number of aromatic nitrogens is 1. The highest BCUT2D eigenvalue weighted by Gasteiger charge is 2.27. The van der Waals surface area contributed by atoms with E-state index in [2.05, 4.69) is 39.9 Å². The molecule has 1 atom stereocenters. The Labute approximate surface area is 150 Å². The molecule has 0 saturated carbocycles. The highest BCUT2D eigenvalue weighted by atomic mass is 32.1. The fraction of sp³-hybridized carbons (Fsp3) is 0.316. The van der Waals surface area contributed by atoms with Crippen LogP contribution in [0.25, 0.3) is 10.6 Å². The molecule has 1 fully saturated rings. The number of likely N-dealkylation sites (tertiary alicyclic amines) is 1. The van der Waals surface area contributed by atoms with E-state index in [0.29, 0.717) is 6.04 Å². The minimum absolute atomic E-state index is 0.566. The van der Waals surface area contributed by atoms with Gasteiger partial charge in [0.05, 0.1) is 12.8 Å². The standard InChI is InChI=1S/C19H20N2OS2/c1-22-16-8-6-14(7-9-16)19-20-15(13-24-19)12-21-10-2-4-17(21)18-5-3-11-23-18/h3,5-9,11,13,17H,2,4,10,12H2,1H3. The molecule has 0 N–H and O–H groups in total. The molecule has 0 amide bonds. The minimum Gasteiger partial charge on any atom is -0.497 e. The Balaban J connectivity index is 1.48. The second kappa shape index (κ2) is 7.05. The van der Waals surface area contributed by atoms with Crippen LogP contribution in [0.3, 0.4) is 0 Å². The lowest BCUT2D eigenvalue weighted by Gasteiger charge is -2.22. The summed E-state index contributed by atoms with van der Waals surface area (Å²) >= 11 is 3.59. The molecule has 3 aromatic rings. The first-order valence-corrected chi connectivity index (χ1v) is 9.96. The Morgan fingerprint density at radius 1 is 1.21 bits per heavy atom. The minimum atomic E-state index is 0.566. The summed E-state index contributed by atoms with van der Waals surface area (Å²) in [5.74, 6) is 0.881. The van der Waals surface area contributed by atoms with Gasteiger partial charge < -0.3 is 4.74 Å². The van der Waals surface area contributed by atoms with Crippen LogP contribution in [0.15, 0.2) is 47.2 Å². The predicted octanol–water partition coefficient (Wildman–Crippen LogP) is 5.22. The van der Waals surface area contributed by atoms with Gasteiger partial charge in [-0.15, -0.1) is 22.7 Å². The molecule has 0 radical (unpaired) electrons. The largest absolute Gasteiger partial charge is 0.497 e. The Kier molecular flexibility index (Phi) is 4.65. The number of methoxy groups -OCH3 is 1. The van der Waals surface area contributed by atoms with E-state index < -0.39 is 0 Å². The summed E-state index contributed by atoms with van der Waals surface area (Å²) in [6, 6.07) is 13.1. The number of thiophene rings is 1. The van der Waals surface area contributed by atoms with E-state index in [9.17, 15) is 0 Å². The molecule has 1 unspecified atom stereocenters. The molecule has 24 heavy (non-hydrogen) atoms. The monoisotopic (exact) mass is 356 g/mol. The third kappa shape index (κ3) is 3.24. The lowest BCUT2D eigenvalue weighted by atomic mass is 10.2. The van der Waals surface area contributed by atoms with Crippen LogP contribution in [0.5, 0.6) is 5.75 Å². The maximum absolute atomic E-state index is 5.22. The molecule has 0 spiro atoms. The van der Waals surface area contributed by atoms with Crippen LogP contribution in [0, 0.1) is 0 Å². The van der Waals surface area contributed by atoms with Gasteiger partial charge in [-0.2, -0.15) is 0 Å². The Bertz CT molecular complexity index is 780. The van der Waals surface area contributed by atoms with Crippen LogP contribution in [-0.4, -0.2) is 23.5 Å². The smallest absolute Gasteiger partial charge is 0.123 e. The van der Waals surface area contributed by atoms with Crippen LogP contribution < -0.4 is 4.74 Å². The van der Waals surface area contributed by atoms with Gasteiger partial charge in [-0.3, -0.25) is 4.90 Å². The maximum Gasteiger partial charge on any atom is 0.123 e. The predicted molar refractivity (Wildman–Crippen MR) is 101 cm³/mol. The van der Waals surface area contributed by atoms with E-state index in [1.54, 1.807) is 18.4 Å².